The van der Waals surface area contributed by atoms with Gasteiger partial charge in [0.1, 0.15) is 24.4 Å². The topological polar surface area (TPSA) is 50.1 Å². The van der Waals surface area contributed by atoms with Crippen molar-refractivity contribution < 1.29 is 18.9 Å². The zero-order valence-corrected chi connectivity index (χ0v) is 13.2. The normalized spacial score (nSPS) is 32.5. The standard InChI is InChI=1S/C20H18O4/c1-3-13(16(20-10-24-20)6-12(1)18-8-22-18)15-5-11(17-7-21-17)2-4-14(15)19-9-23-19/h1-6,17-20H,7-10H2. The van der Waals surface area contributed by atoms with Crippen LogP contribution in [-0.2, 0) is 18.9 Å². The van der Waals surface area contributed by atoms with E-state index >= 15 is 0 Å². The van der Waals surface area contributed by atoms with E-state index in [1.807, 2.05) is 0 Å². The lowest BCUT2D eigenvalue weighted by atomic mass is 9.89. The second kappa shape index (κ2) is 4.90. The first kappa shape index (κ1) is 13.6. The van der Waals surface area contributed by atoms with Crippen LogP contribution in [0.3, 0.4) is 0 Å². The van der Waals surface area contributed by atoms with Gasteiger partial charge in [0.2, 0.25) is 0 Å². The maximum Gasteiger partial charge on any atom is 0.107 e. The van der Waals surface area contributed by atoms with Crippen LogP contribution in [0.2, 0.25) is 0 Å². The minimum Gasteiger partial charge on any atom is -0.368 e. The molecule has 0 radical (unpaired) electrons. The molecule has 0 aromatic heterocycles. The third-order valence-electron chi connectivity index (χ3n) is 5.21. The summed E-state index contributed by atoms with van der Waals surface area (Å²) < 4.78 is 22.1. The van der Waals surface area contributed by atoms with E-state index < -0.39 is 0 Å². The second-order valence-corrected chi connectivity index (χ2v) is 6.98. The third kappa shape index (κ3) is 2.38. The molecule has 4 saturated heterocycles. The van der Waals surface area contributed by atoms with Gasteiger partial charge < -0.3 is 18.9 Å². The Morgan fingerprint density at radius 1 is 0.542 bits per heavy atom. The Balaban J connectivity index is 1.50. The van der Waals surface area contributed by atoms with Gasteiger partial charge in [0, 0.05) is 0 Å². The molecule has 24 heavy (non-hydrogen) atoms. The molecule has 0 aliphatic carbocycles. The molecule has 6 rings (SSSR count). The highest BCUT2D eigenvalue weighted by molar-refractivity contribution is 5.74. The fourth-order valence-corrected chi connectivity index (χ4v) is 3.52. The molecule has 4 heterocycles. The van der Waals surface area contributed by atoms with Crippen molar-refractivity contribution in [3.05, 3.63) is 58.7 Å². The second-order valence-electron chi connectivity index (χ2n) is 6.98. The van der Waals surface area contributed by atoms with Crippen LogP contribution in [0.4, 0.5) is 0 Å². The fourth-order valence-electron chi connectivity index (χ4n) is 3.52. The Hall–Kier alpha value is -1.72. The van der Waals surface area contributed by atoms with Crippen molar-refractivity contribution in [2.24, 2.45) is 0 Å². The number of hydrogen-bond acceptors (Lipinski definition) is 4. The maximum atomic E-state index is 5.62. The van der Waals surface area contributed by atoms with Crippen LogP contribution < -0.4 is 0 Å². The summed E-state index contributed by atoms with van der Waals surface area (Å²) in [7, 11) is 0. The van der Waals surface area contributed by atoms with E-state index in [2.05, 4.69) is 36.4 Å². The highest BCUT2D eigenvalue weighted by Crippen LogP contribution is 2.45. The predicted octanol–water partition coefficient (Wildman–Crippen LogP) is 3.64. The van der Waals surface area contributed by atoms with Crippen LogP contribution >= 0.6 is 0 Å². The number of rotatable bonds is 5. The Morgan fingerprint density at radius 3 is 1.71 bits per heavy atom. The van der Waals surface area contributed by atoms with E-state index in [1.54, 1.807) is 0 Å². The average Bonchev–Trinajstić information content (AvgIpc) is 3.52. The average molecular weight is 322 g/mol. The van der Waals surface area contributed by atoms with Crippen LogP contribution in [0.1, 0.15) is 46.7 Å². The number of benzene rings is 2. The highest BCUT2D eigenvalue weighted by Gasteiger charge is 2.35. The minimum atomic E-state index is 0.215. The molecule has 0 saturated carbocycles. The molecule has 122 valence electrons. The Labute approximate surface area is 140 Å². The molecule has 4 unspecified atom stereocenters. The molecular formula is C20H18O4. The SMILES string of the molecule is c1cc(C2CO2)c(-c2ccc(C3CO3)cc2C2CO2)cc1C1CO1. The molecular weight excluding hydrogens is 304 g/mol. The summed E-state index contributed by atoms with van der Waals surface area (Å²) in [5.41, 5.74) is 7.59. The summed E-state index contributed by atoms with van der Waals surface area (Å²) in [4.78, 5) is 0. The van der Waals surface area contributed by atoms with Crippen LogP contribution in [0.15, 0.2) is 36.4 Å². The molecule has 4 aliphatic rings. The van der Waals surface area contributed by atoms with Crippen molar-refractivity contribution in [3.63, 3.8) is 0 Å². The van der Waals surface area contributed by atoms with E-state index in [4.69, 9.17) is 18.9 Å². The van der Waals surface area contributed by atoms with Crippen LogP contribution in [0.25, 0.3) is 11.1 Å². The lowest BCUT2D eigenvalue weighted by Gasteiger charge is -2.14. The molecule has 0 amide bonds. The van der Waals surface area contributed by atoms with E-state index in [-0.39, 0.29) is 24.4 Å². The third-order valence-corrected chi connectivity index (χ3v) is 5.21. The largest absolute Gasteiger partial charge is 0.368 e. The lowest BCUT2D eigenvalue weighted by molar-refractivity contribution is 0.410. The molecule has 0 spiro atoms. The van der Waals surface area contributed by atoms with Gasteiger partial charge in [0.05, 0.1) is 26.4 Å². The van der Waals surface area contributed by atoms with Gasteiger partial charge in [0.25, 0.3) is 0 Å². The van der Waals surface area contributed by atoms with Crippen molar-refractivity contribution >= 4 is 0 Å². The van der Waals surface area contributed by atoms with Crippen molar-refractivity contribution in [1.82, 2.24) is 0 Å². The van der Waals surface area contributed by atoms with Crippen LogP contribution in [0.5, 0.6) is 0 Å². The van der Waals surface area contributed by atoms with Gasteiger partial charge in [-0.25, -0.2) is 0 Å². The monoisotopic (exact) mass is 322 g/mol. The van der Waals surface area contributed by atoms with Crippen molar-refractivity contribution in [3.8, 4) is 11.1 Å². The molecule has 4 atom stereocenters. The Morgan fingerprint density at radius 2 is 1.08 bits per heavy atom. The summed E-state index contributed by atoms with van der Waals surface area (Å²) in [5, 5.41) is 0. The zero-order chi connectivity index (χ0) is 15.7. The Kier molecular flexibility index (Phi) is 2.77. The smallest absolute Gasteiger partial charge is 0.107 e. The van der Waals surface area contributed by atoms with Gasteiger partial charge in [-0.15, -0.1) is 0 Å². The maximum absolute atomic E-state index is 5.62. The first-order valence-electron chi connectivity index (χ1n) is 8.61. The molecule has 0 bridgehead atoms. The fraction of sp³-hybridized carbons (Fsp3) is 0.400. The molecule has 4 fully saturated rings. The summed E-state index contributed by atoms with van der Waals surface area (Å²) in [5.74, 6) is 0. The molecule has 4 aliphatic heterocycles. The van der Waals surface area contributed by atoms with E-state index in [0.717, 1.165) is 26.4 Å². The van der Waals surface area contributed by atoms with Gasteiger partial charge in [0.15, 0.2) is 0 Å². The molecule has 2 aromatic carbocycles. The summed E-state index contributed by atoms with van der Waals surface area (Å²) in [6.07, 6.45) is 0.979. The lowest BCUT2D eigenvalue weighted by Crippen LogP contribution is -1.97. The van der Waals surface area contributed by atoms with E-state index in [9.17, 15) is 0 Å². The van der Waals surface area contributed by atoms with Gasteiger partial charge >= 0.3 is 0 Å². The van der Waals surface area contributed by atoms with Crippen LogP contribution in [-0.4, -0.2) is 26.4 Å². The van der Waals surface area contributed by atoms with E-state index in [1.165, 1.54) is 33.4 Å². The molecule has 4 nitrogen and oxygen atoms in total. The van der Waals surface area contributed by atoms with Gasteiger partial charge in [-0.1, -0.05) is 24.3 Å². The van der Waals surface area contributed by atoms with Crippen molar-refractivity contribution in [2.75, 3.05) is 26.4 Å². The zero-order valence-electron chi connectivity index (χ0n) is 13.2. The summed E-state index contributed by atoms with van der Waals surface area (Å²) in [6.45, 7) is 3.29. The number of ether oxygens (including phenoxy) is 4. The van der Waals surface area contributed by atoms with Gasteiger partial charge in [-0.3, -0.25) is 0 Å². The van der Waals surface area contributed by atoms with Crippen molar-refractivity contribution in [2.45, 2.75) is 24.4 Å². The predicted molar refractivity (Wildman–Crippen MR) is 86.7 cm³/mol. The molecule has 2 aromatic rings. The Bertz CT molecular complexity index is 814. The first-order valence-corrected chi connectivity index (χ1v) is 8.61. The van der Waals surface area contributed by atoms with Gasteiger partial charge in [-0.05, 0) is 45.5 Å². The number of epoxide rings is 4. The summed E-state index contributed by atoms with van der Waals surface area (Å²) in [6, 6.07) is 13.4. The van der Waals surface area contributed by atoms with Crippen LogP contribution in [0, 0.1) is 0 Å². The number of hydrogen-bond donors (Lipinski definition) is 0. The van der Waals surface area contributed by atoms with E-state index in [0.29, 0.717) is 0 Å². The summed E-state index contributed by atoms with van der Waals surface area (Å²) >= 11 is 0. The molecule has 0 N–H and O–H groups in total. The highest BCUT2D eigenvalue weighted by atomic mass is 16.6. The first-order chi connectivity index (χ1) is 11.9. The van der Waals surface area contributed by atoms with Crippen molar-refractivity contribution in [1.29, 1.82) is 0 Å². The molecule has 4 heteroatoms. The minimum absolute atomic E-state index is 0.215. The quantitative estimate of drug-likeness (QED) is 0.789. The van der Waals surface area contributed by atoms with Gasteiger partial charge in [-0.2, -0.15) is 0 Å².